The Kier molecular flexibility index (Phi) is 6.15. The van der Waals surface area contributed by atoms with E-state index in [9.17, 15) is 19.8 Å². The van der Waals surface area contributed by atoms with Gasteiger partial charge in [-0.15, -0.1) is 0 Å². The number of allylic oxidation sites excluding steroid dienone is 3. The average Bonchev–Trinajstić information content (AvgIpc) is 2.64. The van der Waals surface area contributed by atoms with Crippen molar-refractivity contribution in [3.05, 3.63) is 23.5 Å². The minimum Gasteiger partial charge on any atom is -0.511 e. The van der Waals surface area contributed by atoms with Crippen LogP contribution in [0.5, 0.6) is 0 Å². The zero-order valence-electron chi connectivity index (χ0n) is 13.2. The number of hydrogen-bond acceptors (Lipinski definition) is 4. The van der Waals surface area contributed by atoms with Crippen molar-refractivity contribution in [2.75, 3.05) is 7.05 Å². The maximum absolute atomic E-state index is 12.2. The topological polar surface area (TPSA) is 77.8 Å². The van der Waals surface area contributed by atoms with Crippen molar-refractivity contribution in [3.63, 3.8) is 0 Å². The van der Waals surface area contributed by atoms with Crippen molar-refractivity contribution in [2.45, 2.75) is 52.2 Å². The SMILES string of the molecule is C/C=C/CCCC(C)/C(O)=C1\C(=O)[C@H]([C@H](C)O)N(C)C1=O. The van der Waals surface area contributed by atoms with Gasteiger partial charge in [-0.25, -0.2) is 0 Å². The Morgan fingerprint density at radius 3 is 2.48 bits per heavy atom. The number of hydrogen-bond donors (Lipinski definition) is 2. The Balaban J connectivity index is 2.89. The maximum atomic E-state index is 12.2. The fourth-order valence-electron chi connectivity index (χ4n) is 2.60. The van der Waals surface area contributed by atoms with Gasteiger partial charge in [0.05, 0.1) is 6.10 Å². The van der Waals surface area contributed by atoms with Gasteiger partial charge in [0.2, 0.25) is 0 Å². The van der Waals surface area contributed by atoms with Crippen LogP contribution in [-0.4, -0.2) is 46.0 Å². The second-order valence-corrected chi connectivity index (χ2v) is 5.63. The molecule has 21 heavy (non-hydrogen) atoms. The van der Waals surface area contributed by atoms with Gasteiger partial charge in [0, 0.05) is 13.0 Å². The Hall–Kier alpha value is -1.62. The fraction of sp³-hybridized carbons (Fsp3) is 0.625. The van der Waals surface area contributed by atoms with E-state index in [1.807, 2.05) is 19.1 Å². The molecule has 0 bridgehead atoms. The van der Waals surface area contributed by atoms with Crippen LogP contribution in [0.2, 0.25) is 0 Å². The van der Waals surface area contributed by atoms with Crippen molar-refractivity contribution in [1.29, 1.82) is 0 Å². The fourth-order valence-corrected chi connectivity index (χ4v) is 2.60. The number of amides is 1. The number of unbranched alkanes of at least 4 members (excludes halogenated alkanes) is 1. The molecule has 1 aliphatic heterocycles. The van der Waals surface area contributed by atoms with Crippen molar-refractivity contribution in [3.8, 4) is 0 Å². The van der Waals surface area contributed by atoms with E-state index in [1.165, 1.54) is 18.9 Å². The highest BCUT2D eigenvalue weighted by molar-refractivity contribution is 6.26. The van der Waals surface area contributed by atoms with Gasteiger partial charge in [-0.2, -0.15) is 0 Å². The quantitative estimate of drug-likeness (QED) is 0.258. The summed E-state index contributed by atoms with van der Waals surface area (Å²) >= 11 is 0. The van der Waals surface area contributed by atoms with Gasteiger partial charge >= 0.3 is 0 Å². The molecule has 1 amide bonds. The lowest BCUT2D eigenvalue weighted by Gasteiger charge is -2.19. The van der Waals surface area contributed by atoms with E-state index in [4.69, 9.17) is 0 Å². The zero-order valence-corrected chi connectivity index (χ0v) is 13.2. The third-order valence-electron chi connectivity index (χ3n) is 3.89. The Morgan fingerprint density at radius 1 is 1.38 bits per heavy atom. The lowest BCUT2D eigenvalue weighted by molar-refractivity contribution is -0.128. The lowest BCUT2D eigenvalue weighted by Crippen LogP contribution is -2.40. The van der Waals surface area contributed by atoms with Gasteiger partial charge < -0.3 is 15.1 Å². The molecule has 1 fully saturated rings. The van der Waals surface area contributed by atoms with E-state index >= 15 is 0 Å². The van der Waals surface area contributed by atoms with E-state index < -0.39 is 23.8 Å². The highest BCUT2D eigenvalue weighted by Crippen LogP contribution is 2.28. The first kappa shape index (κ1) is 17.4. The van der Waals surface area contributed by atoms with Gasteiger partial charge in [-0.1, -0.05) is 19.1 Å². The van der Waals surface area contributed by atoms with Crippen LogP contribution >= 0.6 is 0 Å². The summed E-state index contributed by atoms with van der Waals surface area (Å²) in [5.74, 6) is -1.40. The number of aliphatic hydroxyl groups is 2. The number of likely N-dealkylation sites (tertiary alicyclic amines) is 1. The lowest BCUT2D eigenvalue weighted by atomic mass is 9.95. The molecule has 1 unspecified atom stereocenters. The summed E-state index contributed by atoms with van der Waals surface area (Å²) < 4.78 is 0. The Morgan fingerprint density at radius 2 is 2.00 bits per heavy atom. The van der Waals surface area contributed by atoms with Gasteiger partial charge in [0.15, 0.2) is 5.78 Å². The number of aliphatic hydroxyl groups excluding tert-OH is 2. The van der Waals surface area contributed by atoms with Crippen molar-refractivity contribution >= 4 is 11.7 Å². The molecule has 0 radical (unpaired) electrons. The summed E-state index contributed by atoms with van der Waals surface area (Å²) in [6, 6.07) is -0.898. The molecule has 0 saturated carbocycles. The number of ketones is 1. The van der Waals surface area contributed by atoms with Crippen LogP contribution in [-0.2, 0) is 9.59 Å². The van der Waals surface area contributed by atoms with Crippen LogP contribution in [0.25, 0.3) is 0 Å². The van der Waals surface area contributed by atoms with Gasteiger partial charge in [-0.05, 0) is 33.1 Å². The molecule has 1 rings (SSSR count). The maximum Gasteiger partial charge on any atom is 0.261 e. The van der Waals surface area contributed by atoms with E-state index in [2.05, 4.69) is 0 Å². The molecule has 1 aliphatic rings. The first-order valence-electron chi connectivity index (χ1n) is 7.36. The van der Waals surface area contributed by atoms with E-state index in [1.54, 1.807) is 6.92 Å². The number of Topliss-reactive ketones (excluding diaryl/α,β-unsaturated/α-hetero) is 1. The molecule has 5 heteroatoms. The van der Waals surface area contributed by atoms with Gasteiger partial charge in [0.25, 0.3) is 5.91 Å². The molecule has 2 N–H and O–H groups in total. The molecular weight excluding hydrogens is 270 g/mol. The van der Waals surface area contributed by atoms with Crippen LogP contribution in [0.1, 0.15) is 40.0 Å². The first-order valence-corrected chi connectivity index (χ1v) is 7.36. The largest absolute Gasteiger partial charge is 0.511 e. The Bertz CT molecular complexity index is 465. The second-order valence-electron chi connectivity index (χ2n) is 5.63. The van der Waals surface area contributed by atoms with Crippen LogP contribution in [0, 0.1) is 5.92 Å². The van der Waals surface area contributed by atoms with Crippen molar-refractivity contribution < 1.29 is 19.8 Å². The molecule has 5 nitrogen and oxygen atoms in total. The van der Waals surface area contributed by atoms with Gasteiger partial charge in [-0.3, -0.25) is 9.59 Å². The third kappa shape index (κ3) is 3.73. The summed E-state index contributed by atoms with van der Waals surface area (Å²) in [7, 11) is 1.47. The molecule has 0 spiro atoms. The predicted molar refractivity (Wildman–Crippen MR) is 80.7 cm³/mol. The first-order chi connectivity index (χ1) is 9.82. The number of nitrogens with zero attached hydrogens (tertiary/aromatic N) is 1. The second kappa shape index (κ2) is 7.41. The molecule has 118 valence electrons. The molecule has 0 aromatic carbocycles. The predicted octanol–water partition coefficient (Wildman–Crippen LogP) is 1.97. The standard InChI is InChI=1S/C16H25NO4/c1-5-6-7-8-9-10(2)14(19)12-15(20)13(11(3)18)17(4)16(12)21/h5-6,10-11,13,18-19H,7-9H2,1-4H3/b6-5+,14-12-/t10?,11-,13-/m0/s1. The number of rotatable bonds is 6. The molecule has 3 atom stereocenters. The zero-order chi connectivity index (χ0) is 16.2. The van der Waals surface area contributed by atoms with Crippen LogP contribution < -0.4 is 0 Å². The van der Waals surface area contributed by atoms with Gasteiger partial charge in [0.1, 0.15) is 17.4 Å². The summed E-state index contributed by atoms with van der Waals surface area (Å²) in [5.41, 5.74) is -0.165. The van der Waals surface area contributed by atoms with Crippen molar-refractivity contribution in [2.24, 2.45) is 5.92 Å². The number of carbonyl (C=O) groups excluding carboxylic acids is 2. The minimum absolute atomic E-state index is 0.152. The van der Waals surface area contributed by atoms with Crippen LogP contribution in [0.3, 0.4) is 0 Å². The third-order valence-corrected chi connectivity index (χ3v) is 3.89. The highest BCUT2D eigenvalue weighted by Gasteiger charge is 2.45. The molecule has 0 aromatic heterocycles. The smallest absolute Gasteiger partial charge is 0.261 e. The minimum atomic E-state index is -0.957. The summed E-state index contributed by atoms with van der Waals surface area (Å²) in [6.07, 6.45) is 5.53. The molecular formula is C16H25NO4. The van der Waals surface area contributed by atoms with E-state index in [0.29, 0.717) is 6.42 Å². The molecule has 1 heterocycles. The average molecular weight is 295 g/mol. The highest BCUT2D eigenvalue weighted by atomic mass is 16.3. The summed E-state index contributed by atoms with van der Waals surface area (Å²) in [6.45, 7) is 5.21. The van der Waals surface area contributed by atoms with Crippen molar-refractivity contribution in [1.82, 2.24) is 4.90 Å². The monoisotopic (exact) mass is 295 g/mol. The Labute approximate surface area is 125 Å². The number of likely N-dealkylation sites (N-methyl/N-ethyl adjacent to an activating group) is 1. The van der Waals surface area contributed by atoms with E-state index in [0.717, 1.165) is 12.8 Å². The number of carbonyl (C=O) groups is 2. The molecule has 0 aromatic rings. The normalized spacial score (nSPS) is 24.8. The summed E-state index contributed by atoms with van der Waals surface area (Å²) in [5, 5.41) is 19.9. The van der Waals surface area contributed by atoms with Crippen LogP contribution in [0.4, 0.5) is 0 Å². The van der Waals surface area contributed by atoms with Crippen LogP contribution in [0.15, 0.2) is 23.5 Å². The molecule has 0 aliphatic carbocycles. The molecule has 1 saturated heterocycles. The van der Waals surface area contributed by atoms with E-state index in [-0.39, 0.29) is 17.3 Å². The summed E-state index contributed by atoms with van der Waals surface area (Å²) in [4.78, 5) is 25.6.